The number of nitriles is 1. The van der Waals surface area contributed by atoms with Crippen LogP contribution in [0.3, 0.4) is 0 Å². The first-order valence-corrected chi connectivity index (χ1v) is 8.93. The van der Waals surface area contributed by atoms with Crippen LogP contribution in [0.1, 0.15) is 21.6 Å². The minimum absolute atomic E-state index is 0.322. The summed E-state index contributed by atoms with van der Waals surface area (Å²) in [5.41, 5.74) is 1.44. The van der Waals surface area contributed by atoms with Gasteiger partial charge in [0, 0.05) is 36.1 Å². The molecule has 0 aliphatic heterocycles. The summed E-state index contributed by atoms with van der Waals surface area (Å²) in [4.78, 5) is 25.4. The van der Waals surface area contributed by atoms with Crippen molar-refractivity contribution in [3.8, 4) is 6.07 Å². The van der Waals surface area contributed by atoms with Crippen molar-refractivity contribution < 1.29 is 4.79 Å². The number of carbonyl (C=O) groups is 1. The van der Waals surface area contributed by atoms with E-state index in [0.29, 0.717) is 29.4 Å². The van der Waals surface area contributed by atoms with Gasteiger partial charge >= 0.3 is 0 Å². The minimum Gasteiger partial charge on any atom is -0.365 e. The molecule has 0 aliphatic carbocycles. The molecule has 1 aromatic carbocycles. The maximum absolute atomic E-state index is 12.8. The first kappa shape index (κ1) is 18.1. The molecule has 2 N–H and O–H groups in total. The molecule has 0 saturated carbocycles. The van der Waals surface area contributed by atoms with Gasteiger partial charge in [0.1, 0.15) is 23.4 Å². The number of nitrogens with zero attached hydrogens (tertiary/aromatic N) is 4. The molecule has 0 radical (unpaired) electrons. The Morgan fingerprint density at radius 1 is 0.966 bits per heavy atom. The number of rotatable bonds is 5. The van der Waals surface area contributed by atoms with Crippen LogP contribution in [0.2, 0.25) is 0 Å². The molecule has 1 amide bonds. The zero-order valence-corrected chi connectivity index (χ0v) is 15.3. The van der Waals surface area contributed by atoms with E-state index in [2.05, 4.69) is 31.7 Å². The van der Waals surface area contributed by atoms with E-state index in [-0.39, 0.29) is 5.91 Å². The molecule has 29 heavy (non-hydrogen) atoms. The second-order valence-electron chi connectivity index (χ2n) is 6.25. The summed E-state index contributed by atoms with van der Waals surface area (Å²) < 4.78 is 0. The van der Waals surface area contributed by atoms with Crippen LogP contribution in [-0.4, -0.2) is 20.9 Å². The lowest BCUT2D eigenvalue weighted by Gasteiger charge is -2.11. The van der Waals surface area contributed by atoms with E-state index in [9.17, 15) is 10.1 Å². The lowest BCUT2D eigenvalue weighted by atomic mass is 10.1. The van der Waals surface area contributed by atoms with E-state index in [1.807, 2.05) is 30.3 Å². The Kier molecular flexibility index (Phi) is 5.08. The van der Waals surface area contributed by atoms with Gasteiger partial charge in [-0.3, -0.25) is 4.79 Å². The van der Waals surface area contributed by atoms with Gasteiger partial charge in [-0.25, -0.2) is 15.0 Å². The third-order valence-electron chi connectivity index (χ3n) is 4.37. The van der Waals surface area contributed by atoms with Crippen LogP contribution in [0, 0.1) is 11.3 Å². The molecule has 0 aliphatic rings. The SMILES string of the molecule is N#Cc1ncccc1CNc1ncccc1C(=O)Nc1cc2ccccc2cn1. The number of amides is 1. The number of anilines is 2. The Hall–Kier alpha value is -4.31. The number of pyridine rings is 3. The van der Waals surface area contributed by atoms with E-state index >= 15 is 0 Å². The van der Waals surface area contributed by atoms with Gasteiger partial charge in [-0.2, -0.15) is 5.26 Å². The maximum atomic E-state index is 12.8. The molecule has 0 atom stereocenters. The van der Waals surface area contributed by atoms with Crippen LogP contribution in [0.5, 0.6) is 0 Å². The number of carbonyl (C=O) groups excluding carboxylic acids is 1. The van der Waals surface area contributed by atoms with Crippen LogP contribution in [0.15, 0.2) is 73.2 Å². The second-order valence-corrected chi connectivity index (χ2v) is 6.25. The van der Waals surface area contributed by atoms with Crippen molar-refractivity contribution in [3.05, 3.63) is 90.0 Å². The predicted molar refractivity (Wildman–Crippen MR) is 110 cm³/mol. The molecule has 4 rings (SSSR count). The van der Waals surface area contributed by atoms with Crippen molar-refractivity contribution in [2.75, 3.05) is 10.6 Å². The van der Waals surface area contributed by atoms with Gasteiger partial charge < -0.3 is 10.6 Å². The molecule has 3 aromatic heterocycles. The Morgan fingerprint density at radius 3 is 2.62 bits per heavy atom. The van der Waals surface area contributed by atoms with Crippen LogP contribution >= 0.6 is 0 Å². The van der Waals surface area contributed by atoms with E-state index < -0.39 is 0 Å². The third kappa shape index (κ3) is 4.01. The van der Waals surface area contributed by atoms with Gasteiger partial charge in [-0.1, -0.05) is 30.3 Å². The standard InChI is InChI=1S/C22H16N6O/c23-12-19-17(7-3-9-24-19)14-27-21-18(8-4-10-25-21)22(29)28-20-11-15-5-1-2-6-16(15)13-26-20/h1-11,13H,14H2,(H,25,27)(H,26,28,29). The number of fused-ring (bicyclic) bond motifs is 1. The van der Waals surface area contributed by atoms with Crippen LogP contribution in [0.4, 0.5) is 11.6 Å². The number of hydrogen-bond donors (Lipinski definition) is 2. The number of hydrogen-bond acceptors (Lipinski definition) is 6. The lowest BCUT2D eigenvalue weighted by Crippen LogP contribution is -2.16. The van der Waals surface area contributed by atoms with E-state index in [4.69, 9.17) is 0 Å². The summed E-state index contributed by atoms with van der Waals surface area (Å²) in [5.74, 6) is 0.552. The lowest BCUT2D eigenvalue weighted by molar-refractivity contribution is 0.102. The Bertz CT molecular complexity index is 1230. The highest BCUT2D eigenvalue weighted by Gasteiger charge is 2.14. The highest BCUT2D eigenvalue weighted by Crippen LogP contribution is 2.19. The van der Waals surface area contributed by atoms with Crippen LogP contribution in [0.25, 0.3) is 10.8 Å². The Morgan fingerprint density at radius 2 is 1.76 bits per heavy atom. The van der Waals surface area contributed by atoms with E-state index in [0.717, 1.165) is 16.3 Å². The molecule has 0 fully saturated rings. The fraction of sp³-hybridized carbons (Fsp3) is 0.0455. The average molecular weight is 380 g/mol. The molecular weight excluding hydrogens is 364 g/mol. The van der Waals surface area contributed by atoms with Crippen molar-refractivity contribution in [1.29, 1.82) is 5.26 Å². The predicted octanol–water partition coefficient (Wildman–Crippen LogP) is 3.76. The molecule has 0 bridgehead atoms. The quantitative estimate of drug-likeness (QED) is 0.546. The van der Waals surface area contributed by atoms with E-state index in [1.54, 1.807) is 42.9 Å². The summed E-state index contributed by atoms with van der Waals surface area (Å²) in [5, 5.41) is 17.1. The highest BCUT2D eigenvalue weighted by atomic mass is 16.1. The summed E-state index contributed by atoms with van der Waals surface area (Å²) in [6, 6.07) is 18.6. The first-order valence-electron chi connectivity index (χ1n) is 8.93. The van der Waals surface area contributed by atoms with Crippen molar-refractivity contribution in [2.24, 2.45) is 0 Å². The molecule has 0 spiro atoms. The maximum Gasteiger partial charge on any atom is 0.260 e. The van der Waals surface area contributed by atoms with Gasteiger partial charge in [0.2, 0.25) is 0 Å². The molecule has 7 heteroatoms. The van der Waals surface area contributed by atoms with Gasteiger partial charge in [-0.15, -0.1) is 0 Å². The normalized spacial score (nSPS) is 10.3. The molecule has 140 valence electrons. The topological polar surface area (TPSA) is 104 Å². The van der Waals surface area contributed by atoms with Gasteiger partial charge in [0.05, 0.1) is 5.56 Å². The molecule has 4 aromatic rings. The second kappa shape index (κ2) is 8.15. The number of aromatic nitrogens is 3. The number of nitrogens with one attached hydrogen (secondary N) is 2. The zero-order valence-electron chi connectivity index (χ0n) is 15.3. The summed E-state index contributed by atoms with van der Waals surface area (Å²) >= 11 is 0. The number of benzene rings is 1. The van der Waals surface area contributed by atoms with Crippen LogP contribution in [-0.2, 0) is 6.54 Å². The highest BCUT2D eigenvalue weighted by molar-refractivity contribution is 6.07. The molecule has 7 nitrogen and oxygen atoms in total. The van der Waals surface area contributed by atoms with Crippen molar-refractivity contribution in [1.82, 2.24) is 15.0 Å². The smallest absolute Gasteiger partial charge is 0.260 e. The van der Waals surface area contributed by atoms with Gasteiger partial charge in [-0.05, 0) is 29.7 Å². The molecule has 0 saturated heterocycles. The first-order chi connectivity index (χ1) is 14.2. The van der Waals surface area contributed by atoms with Crippen molar-refractivity contribution in [3.63, 3.8) is 0 Å². The summed E-state index contributed by atoms with van der Waals surface area (Å²) in [7, 11) is 0. The monoisotopic (exact) mass is 380 g/mol. The van der Waals surface area contributed by atoms with Crippen LogP contribution < -0.4 is 10.6 Å². The summed E-state index contributed by atoms with van der Waals surface area (Å²) in [6.07, 6.45) is 4.89. The van der Waals surface area contributed by atoms with Gasteiger partial charge in [0.15, 0.2) is 0 Å². The molecule has 3 heterocycles. The fourth-order valence-electron chi connectivity index (χ4n) is 2.93. The van der Waals surface area contributed by atoms with E-state index in [1.165, 1.54) is 0 Å². The molecular formula is C22H16N6O. The molecule has 0 unspecified atom stereocenters. The van der Waals surface area contributed by atoms with Crippen molar-refractivity contribution >= 4 is 28.3 Å². The average Bonchev–Trinajstić information content (AvgIpc) is 2.78. The summed E-state index contributed by atoms with van der Waals surface area (Å²) in [6.45, 7) is 0.322. The zero-order chi connectivity index (χ0) is 20.1. The Labute approximate surface area is 167 Å². The fourth-order valence-corrected chi connectivity index (χ4v) is 2.93. The Balaban J connectivity index is 1.53. The van der Waals surface area contributed by atoms with Gasteiger partial charge in [0.25, 0.3) is 5.91 Å². The minimum atomic E-state index is -0.324. The largest absolute Gasteiger partial charge is 0.365 e. The van der Waals surface area contributed by atoms with Crippen molar-refractivity contribution in [2.45, 2.75) is 6.54 Å². The third-order valence-corrected chi connectivity index (χ3v) is 4.37.